The SMILES string of the molecule is CC(=O)O[C@@H]1C[C@@H]2[C@H](OC(=O)c3ccccc3)[C@]3(OC2(C)C)[C@H](C)CC[C@H](OC(=O)c2ccccc2)[C@@]13C. The van der Waals surface area contributed by atoms with E-state index in [2.05, 4.69) is 6.92 Å². The molecule has 7 nitrogen and oxygen atoms in total. The molecule has 1 heterocycles. The molecule has 0 radical (unpaired) electrons. The van der Waals surface area contributed by atoms with Crippen LogP contribution in [0.1, 0.15) is 74.6 Å². The minimum Gasteiger partial charge on any atom is -0.462 e. The first kappa shape index (κ1) is 26.4. The molecule has 7 heteroatoms. The third-order valence-corrected chi connectivity index (χ3v) is 9.17. The lowest BCUT2D eigenvalue weighted by molar-refractivity contribution is -0.282. The van der Waals surface area contributed by atoms with Crippen LogP contribution in [0.5, 0.6) is 0 Å². The number of hydrogen-bond donors (Lipinski definition) is 0. The van der Waals surface area contributed by atoms with Gasteiger partial charge in [-0.15, -0.1) is 0 Å². The Kier molecular flexibility index (Phi) is 6.62. The van der Waals surface area contributed by atoms with Gasteiger partial charge < -0.3 is 18.9 Å². The van der Waals surface area contributed by atoms with Crippen LogP contribution in [0.4, 0.5) is 0 Å². The highest BCUT2D eigenvalue weighted by Gasteiger charge is 2.79. The van der Waals surface area contributed by atoms with E-state index in [-0.39, 0.29) is 11.8 Å². The van der Waals surface area contributed by atoms with Crippen LogP contribution < -0.4 is 0 Å². The molecule has 2 saturated carbocycles. The van der Waals surface area contributed by atoms with Crippen molar-refractivity contribution in [3.8, 4) is 0 Å². The van der Waals surface area contributed by atoms with Crippen molar-refractivity contribution in [1.82, 2.24) is 0 Å². The molecule has 5 rings (SSSR count). The molecule has 202 valence electrons. The minimum absolute atomic E-state index is 0.0598. The highest BCUT2D eigenvalue weighted by atomic mass is 16.6. The first-order valence-electron chi connectivity index (χ1n) is 13.4. The average molecular weight is 521 g/mol. The van der Waals surface area contributed by atoms with Crippen molar-refractivity contribution in [2.75, 3.05) is 0 Å². The van der Waals surface area contributed by atoms with Gasteiger partial charge in [0.2, 0.25) is 0 Å². The molecule has 2 aromatic rings. The maximum Gasteiger partial charge on any atom is 0.338 e. The van der Waals surface area contributed by atoms with Gasteiger partial charge in [0.05, 0.1) is 22.1 Å². The van der Waals surface area contributed by atoms with E-state index in [0.717, 1.165) is 0 Å². The van der Waals surface area contributed by atoms with Gasteiger partial charge in [0.1, 0.15) is 23.9 Å². The summed E-state index contributed by atoms with van der Waals surface area (Å²) >= 11 is 0. The fourth-order valence-corrected chi connectivity index (χ4v) is 7.32. The Labute approximate surface area is 223 Å². The fourth-order valence-electron chi connectivity index (χ4n) is 7.32. The van der Waals surface area contributed by atoms with Crippen LogP contribution in [0, 0.1) is 17.3 Å². The van der Waals surface area contributed by atoms with Crippen LogP contribution in [0.25, 0.3) is 0 Å². The van der Waals surface area contributed by atoms with Crippen LogP contribution >= 0.6 is 0 Å². The van der Waals surface area contributed by atoms with Gasteiger partial charge in [-0.05, 0) is 70.2 Å². The van der Waals surface area contributed by atoms with Gasteiger partial charge in [0.15, 0.2) is 0 Å². The molecule has 3 fully saturated rings. The molecule has 1 spiro atoms. The van der Waals surface area contributed by atoms with Gasteiger partial charge in [0, 0.05) is 12.8 Å². The van der Waals surface area contributed by atoms with E-state index in [4.69, 9.17) is 18.9 Å². The van der Waals surface area contributed by atoms with E-state index in [0.29, 0.717) is 30.4 Å². The summed E-state index contributed by atoms with van der Waals surface area (Å²) in [6, 6.07) is 17.8. The molecular weight excluding hydrogens is 484 g/mol. The van der Waals surface area contributed by atoms with Gasteiger partial charge in [0.25, 0.3) is 0 Å². The van der Waals surface area contributed by atoms with Crippen LogP contribution in [-0.4, -0.2) is 47.4 Å². The van der Waals surface area contributed by atoms with Crippen LogP contribution in [0.3, 0.4) is 0 Å². The Hall–Kier alpha value is -3.19. The summed E-state index contributed by atoms with van der Waals surface area (Å²) in [7, 11) is 0. The van der Waals surface area contributed by atoms with Gasteiger partial charge in [-0.25, -0.2) is 9.59 Å². The van der Waals surface area contributed by atoms with Crippen molar-refractivity contribution < 1.29 is 33.3 Å². The monoisotopic (exact) mass is 520 g/mol. The molecule has 1 saturated heterocycles. The second-order valence-electron chi connectivity index (χ2n) is 11.7. The lowest BCUT2D eigenvalue weighted by atomic mass is 9.49. The third kappa shape index (κ3) is 4.03. The summed E-state index contributed by atoms with van der Waals surface area (Å²) in [6.07, 6.45) is -0.140. The second-order valence-corrected chi connectivity index (χ2v) is 11.7. The van der Waals surface area contributed by atoms with Gasteiger partial charge in [-0.1, -0.05) is 43.3 Å². The van der Waals surface area contributed by atoms with E-state index in [1.54, 1.807) is 48.5 Å². The first-order valence-corrected chi connectivity index (χ1v) is 13.4. The van der Waals surface area contributed by atoms with Crippen molar-refractivity contribution in [2.24, 2.45) is 17.3 Å². The Morgan fingerprint density at radius 3 is 1.89 bits per heavy atom. The number of hydrogen-bond acceptors (Lipinski definition) is 7. The number of carbonyl (C=O) groups excluding carboxylic acids is 3. The molecule has 2 aromatic carbocycles. The Morgan fingerprint density at radius 2 is 1.34 bits per heavy atom. The standard InChI is InChI=1S/C31H36O7/c1-19-16-17-24(36-27(33)21-12-8-6-9-13-21)30(5)25(35-20(2)32)18-23-26(31(19,30)38-29(23,3)4)37-28(34)22-14-10-7-11-15-22/h6-15,19,23-26H,16-18H2,1-5H3/t19-,23-,24+,25-,26+,30+,31-/m1/s1. The molecule has 7 atom stereocenters. The van der Waals surface area contributed by atoms with Crippen molar-refractivity contribution in [2.45, 2.75) is 83.4 Å². The van der Waals surface area contributed by atoms with Crippen LogP contribution in [0.2, 0.25) is 0 Å². The summed E-state index contributed by atoms with van der Waals surface area (Å²) in [4.78, 5) is 39.0. The first-order chi connectivity index (χ1) is 18.0. The van der Waals surface area contributed by atoms with E-state index >= 15 is 0 Å². The van der Waals surface area contributed by atoms with E-state index in [9.17, 15) is 14.4 Å². The highest BCUT2D eigenvalue weighted by molar-refractivity contribution is 5.90. The summed E-state index contributed by atoms with van der Waals surface area (Å²) in [5.74, 6) is -1.56. The lowest BCUT2D eigenvalue weighted by Gasteiger charge is -2.61. The Balaban J connectivity index is 1.60. The topological polar surface area (TPSA) is 88.1 Å². The summed E-state index contributed by atoms with van der Waals surface area (Å²) in [6.45, 7) is 9.45. The lowest BCUT2D eigenvalue weighted by Crippen LogP contribution is -2.73. The quantitative estimate of drug-likeness (QED) is 0.387. The molecule has 0 unspecified atom stereocenters. The third-order valence-electron chi connectivity index (χ3n) is 9.17. The smallest absolute Gasteiger partial charge is 0.338 e. The highest BCUT2D eigenvalue weighted by Crippen LogP contribution is 2.67. The molecule has 3 aliphatic rings. The largest absolute Gasteiger partial charge is 0.462 e. The van der Waals surface area contributed by atoms with E-state index in [1.165, 1.54) is 6.92 Å². The predicted octanol–water partition coefficient (Wildman–Crippen LogP) is 5.37. The molecule has 2 bridgehead atoms. The summed E-state index contributed by atoms with van der Waals surface area (Å²) in [5.41, 5.74) is -1.77. The van der Waals surface area contributed by atoms with Crippen molar-refractivity contribution in [3.05, 3.63) is 71.8 Å². The maximum atomic E-state index is 13.4. The number of fused-ring (bicyclic) bond motifs is 1. The second kappa shape index (κ2) is 9.53. The van der Waals surface area contributed by atoms with E-state index < -0.39 is 52.8 Å². The molecule has 0 aromatic heterocycles. The summed E-state index contributed by atoms with van der Waals surface area (Å²) < 4.78 is 25.5. The molecule has 1 aliphatic heterocycles. The number of carbonyl (C=O) groups is 3. The van der Waals surface area contributed by atoms with Crippen LogP contribution in [-0.2, 0) is 23.7 Å². The molecule has 2 aliphatic carbocycles. The summed E-state index contributed by atoms with van der Waals surface area (Å²) in [5, 5.41) is 0. The van der Waals surface area contributed by atoms with Gasteiger partial charge in [-0.2, -0.15) is 0 Å². The van der Waals surface area contributed by atoms with Gasteiger partial charge >= 0.3 is 17.9 Å². The van der Waals surface area contributed by atoms with Crippen molar-refractivity contribution in [1.29, 1.82) is 0 Å². The normalized spacial score (nSPS) is 35.0. The number of esters is 3. The van der Waals surface area contributed by atoms with Crippen molar-refractivity contribution in [3.63, 3.8) is 0 Å². The van der Waals surface area contributed by atoms with Crippen LogP contribution in [0.15, 0.2) is 60.7 Å². The molecule has 0 N–H and O–H groups in total. The van der Waals surface area contributed by atoms with Crippen molar-refractivity contribution >= 4 is 17.9 Å². The number of ether oxygens (including phenoxy) is 4. The average Bonchev–Trinajstić information content (AvgIpc) is 3.07. The maximum absolute atomic E-state index is 13.4. The molecule has 0 amide bonds. The Bertz CT molecular complexity index is 1210. The zero-order valence-electron chi connectivity index (χ0n) is 22.6. The zero-order chi connectivity index (χ0) is 27.3. The number of rotatable bonds is 5. The fraction of sp³-hybridized carbons (Fsp3) is 0.516. The zero-order valence-corrected chi connectivity index (χ0v) is 22.6. The minimum atomic E-state index is -1.04. The molecule has 38 heavy (non-hydrogen) atoms. The van der Waals surface area contributed by atoms with Gasteiger partial charge in [-0.3, -0.25) is 4.79 Å². The number of benzene rings is 2. The molecular formula is C31H36O7. The van der Waals surface area contributed by atoms with E-state index in [1.807, 2.05) is 32.9 Å². The Morgan fingerprint density at radius 1 is 0.789 bits per heavy atom. The predicted molar refractivity (Wildman–Crippen MR) is 139 cm³/mol.